The van der Waals surface area contributed by atoms with Gasteiger partial charge in [0.2, 0.25) is 0 Å². The van der Waals surface area contributed by atoms with Crippen molar-refractivity contribution >= 4 is 34.5 Å². The number of carbonyl (C=O) groups is 2. The molecule has 0 unspecified atom stereocenters. The fraction of sp³-hybridized carbons (Fsp3) is 0.179. The lowest BCUT2D eigenvalue weighted by Gasteiger charge is -2.16. The second kappa shape index (κ2) is 8.30. The molecule has 1 aliphatic heterocycles. The lowest BCUT2D eigenvalue weighted by atomic mass is 10.1. The van der Waals surface area contributed by atoms with Crippen LogP contribution >= 0.6 is 0 Å². The van der Waals surface area contributed by atoms with E-state index in [4.69, 9.17) is 0 Å². The fourth-order valence-corrected chi connectivity index (χ4v) is 4.67. The number of nitrogens with zero attached hydrogens (tertiary/aromatic N) is 3. The summed E-state index contributed by atoms with van der Waals surface area (Å²) < 4.78 is 2.18. The van der Waals surface area contributed by atoms with E-state index in [0.29, 0.717) is 5.56 Å². The number of aryl methyl sites for hydroxylation is 3. The third-order valence-corrected chi connectivity index (χ3v) is 6.56. The Kier molecular flexibility index (Phi) is 5.28. The second-order valence-corrected chi connectivity index (χ2v) is 8.80. The highest BCUT2D eigenvalue weighted by Gasteiger charge is 2.30. The lowest BCUT2D eigenvalue weighted by Crippen LogP contribution is -2.37. The minimum Gasteiger partial charge on any atom is -0.318 e. The number of hydrogen-bond donors (Lipinski definition) is 1. The number of carbonyl (C=O) groups excluding carboxylic acids is 2. The number of rotatable bonds is 5. The van der Waals surface area contributed by atoms with E-state index in [0.717, 1.165) is 39.1 Å². The Labute approximate surface area is 198 Å². The number of hydrogen-bond acceptors (Lipinski definition) is 3. The normalized spacial score (nSPS) is 12.8. The minimum atomic E-state index is -0.350. The van der Waals surface area contributed by atoms with Gasteiger partial charge in [-0.25, -0.2) is 5.43 Å². The van der Waals surface area contributed by atoms with E-state index < -0.39 is 0 Å². The molecule has 3 aromatic carbocycles. The molecule has 1 aromatic heterocycles. The van der Waals surface area contributed by atoms with Gasteiger partial charge in [0.15, 0.2) is 0 Å². The summed E-state index contributed by atoms with van der Waals surface area (Å²) >= 11 is 0. The van der Waals surface area contributed by atoms with Gasteiger partial charge in [0.25, 0.3) is 11.8 Å². The molecule has 0 bridgehead atoms. The highest BCUT2D eigenvalue weighted by molar-refractivity contribution is 6.26. The first kappa shape index (κ1) is 21.6. The van der Waals surface area contributed by atoms with E-state index in [-0.39, 0.29) is 18.4 Å². The summed E-state index contributed by atoms with van der Waals surface area (Å²) in [4.78, 5) is 27.0. The van der Waals surface area contributed by atoms with Crippen LogP contribution in [0.5, 0.6) is 0 Å². The van der Waals surface area contributed by atoms with Gasteiger partial charge in [-0.3, -0.25) is 14.5 Å². The summed E-state index contributed by atoms with van der Waals surface area (Å²) in [6.07, 6.45) is 1.65. The van der Waals surface area contributed by atoms with Gasteiger partial charge in [0.1, 0.15) is 6.54 Å². The molecule has 0 spiro atoms. The summed E-state index contributed by atoms with van der Waals surface area (Å²) in [5.41, 5.74) is 10.6. The molecule has 2 amide bonds. The second-order valence-electron chi connectivity index (χ2n) is 8.80. The van der Waals surface area contributed by atoms with Crippen molar-refractivity contribution in [2.24, 2.45) is 5.10 Å². The Morgan fingerprint density at radius 3 is 2.50 bits per heavy atom. The average molecular weight is 451 g/mol. The van der Waals surface area contributed by atoms with Crippen LogP contribution in [0.1, 0.15) is 38.4 Å². The van der Waals surface area contributed by atoms with Crippen molar-refractivity contribution in [2.75, 3.05) is 11.4 Å². The van der Waals surface area contributed by atoms with Gasteiger partial charge in [0, 0.05) is 33.6 Å². The molecular weight excluding hydrogens is 424 g/mol. The Morgan fingerprint density at radius 2 is 1.74 bits per heavy atom. The van der Waals surface area contributed by atoms with Crippen LogP contribution in [0.25, 0.3) is 16.5 Å². The number of anilines is 1. The zero-order chi connectivity index (χ0) is 24.0. The smallest absolute Gasteiger partial charge is 0.260 e. The van der Waals surface area contributed by atoms with Gasteiger partial charge in [-0.2, -0.15) is 5.10 Å². The zero-order valence-corrected chi connectivity index (χ0v) is 19.7. The van der Waals surface area contributed by atoms with Crippen molar-refractivity contribution in [2.45, 2.75) is 27.7 Å². The summed E-state index contributed by atoms with van der Waals surface area (Å²) in [7, 11) is 0. The largest absolute Gasteiger partial charge is 0.318 e. The minimum absolute atomic E-state index is 0.0916. The molecule has 170 valence electrons. The zero-order valence-electron chi connectivity index (χ0n) is 19.7. The molecular formula is C28H26N4O2. The molecule has 6 heteroatoms. The first-order valence-electron chi connectivity index (χ1n) is 11.3. The summed E-state index contributed by atoms with van der Waals surface area (Å²) in [5.74, 6) is -0.514. The predicted octanol–water partition coefficient (Wildman–Crippen LogP) is 4.97. The molecule has 0 atom stereocenters. The van der Waals surface area contributed by atoms with Crippen LogP contribution in [0, 0.1) is 27.7 Å². The third kappa shape index (κ3) is 3.57. The highest BCUT2D eigenvalue weighted by Crippen LogP contribution is 2.36. The van der Waals surface area contributed by atoms with Crippen LogP contribution in [0.15, 0.2) is 65.8 Å². The van der Waals surface area contributed by atoms with Gasteiger partial charge in [-0.15, -0.1) is 0 Å². The number of nitrogens with one attached hydrogen (secondary N) is 1. The molecule has 0 aliphatic carbocycles. The van der Waals surface area contributed by atoms with Gasteiger partial charge >= 0.3 is 0 Å². The first-order valence-corrected chi connectivity index (χ1v) is 11.3. The maximum atomic E-state index is 12.9. The molecule has 2 heterocycles. The Hall–Kier alpha value is -4.19. The summed E-state index contributed by atoms with van der Waals surface area (Å²) in [6, 6.07) is 19.8. The third-order valence-electron chi connectivity index (χ3n) is 6.56. The fourth-order valence-electron chi connectivity index (χ4n) is 4.67. The lowest BCUT2D eigenvalue weighted by molar-refractivity contribution is -0.119. The highest BCUT2D eigenvalue weighted by atomic mass is 16.2. The number of aromatic nitrogens is 1. The monoisotopic (exact) mass is 450 g/mol. The van der Waals surface area contributed by atoms with Gasteiger partial charge in [0.05, 0.1) is 11.9 Å². The molecule has 5 rings (SSSR count). The van der Waals surface area contributed by atoms with Crippen molar-refractivity contribution in [3.05, 3.63) is 94.3 Å². The van der Waals surface area contributed by atoms with Crippen LogP contribution in [-0.2, 0) is 4.79 Å². The van der Waals surface area contributed by atoms with E-state index >= 15 is 0 Å². The Balaban J connectivity index is 1.31. The van der Waals surface area contributed by atoms with Crippen molar-refractivity contribution in [3.8, 4) is 5.69 Å². The van der Waals surface area contributed by atoms with Crippen molar-refractivity contribution in [1.29, 1.82) is 0 Å². The van der Waals surface area contributed by atoms with E-state index in [9.17, 15) is 9.59 Å². The number of hydrazone groups is 1. The number of amides is 2. The van der Waals surface area contributed by atoms with Crippen LogP contribution in [0.3, 0.4) is 0 Å². The summed E-state index contributed by atoms with van der Waals surface area (Å²) in [5, 5.41) is 6.05. The average Bonchev–Trinajstić information content (AvgIpc) is 3.25. The predicted molar refractivity (Wildman–Crippen MR) is 136 cm³/mol. The maximum absolute atomic E-state index is 12.9. The van der Waals surface area contributed by atoms with Crippen molar-refractivity contribution in [3.63, 3.8) is 0 Å². The molecule has 0 radical (unpaired) electrons. The Bertz CT molecular complexity index is 1490. The molecule has 1 aliphatic rings. The molecule has 0 saturated heterocycles. The first-order chi connectivity index (χ1) is 16.3. The Morgan fingerprint density at radius 1 is 0.971 bits per heavy atom. The number of benzene rings is 3. The molecule has 6 nitrogen and oxygen atoms in total. The van der Waals surface area contributed by atoms with Crippen LogP contribution < -0.4 is 10.3 Å². The molecule has 34 heavy (non-hydrogen) atoms. The molecule has 1 N–H and O–H groups in total. The van der Waals surface area contributed by atoms with Crippen molar-refractivity contribution in [1.82, 2.24) is 9.99 Å². The van der Waals surface area contributed by atoms with E-state index in [1.807, 2.05) is 43.3 Å². The van der Waals surface area contributed by atoms with Gasteiger partial charge in [-0.05, 0) is 74.5 Å². The van der Waals surface area contributed by atoms with Gasteiger partial charge in [-0.1, -0.05) is 30.3 Å². The van der Waals surface area contributed by atoms with E-state index in [2.05, 4.69) is 54.1 Å². The van der Waals surface area contributed by atoms with Crippen LogP contribution in [0.4, 0.5) is 5.69 Å². The van der Waals surface area contributed by atoms with Crippen molar-refractivity contribution < 1.29 is 9.59 Å². The SMILES string of the molecule is Cc1ccc(-n2c(C)cc(/C=N/NC(=O)CN3C(=O)c4cccc5cccc3c45)c2C)cc1C. The maximum Gasteiger partial charge on any atom is 0.260 e. The van der Waals surface area contributed by atoms with E-state index in [1.54, 1.807) is 12.3 Å². The molecule has 4 aromatic rings. The van der Waals surface area contributed by atoms with Crippen LogP contribution in [-0.4, -0.2) is 29.1 Å². The van der Waals surface area contributed by atoms with Crippen LogP contribution in [0.2, 0.25) is 0 Å². The molecule has 0 fully saturated rings. The molecule has 0 saturated carbocycles. The van der Waals surface area contributed by atoms with Gasteiger partial charge < -0.3 is 4.57 Å². The standard InChI is InChI=1S/C28H26N4O2/c1-17-11-12-23(13-18(17)2)32-19(3)14-22(20(32)4)15-29-30-26(33)16-31-25-10-6-8-21-7-5-9-24(27(21)25)28(31)34/h5-15H,16H2,1-4H3,(H,30,33)/b29-15+. The summed E-state index contributed by atoms with van der Waals surface area (Å²) in [6.45, 7) is 8.20. The van der Waals surface area contributed by atoms with E-state index in [1.165, 1.54) is 16.0 Å². The topological polar surface area (TPSA) is 66.7 Å². The quantitative estimate of drug-likeness (QED) is 0.344.